The summed E-state index contributed by atoms with van der Waals surface area (Å²) in [5, 5.41) is 0. The van der Waals surface area contributed by atoms with E-state index in [0.717, 1.165) is 6.26 Å². The summed E-state index contributed by atoms with van der Waals surface area (Å²) in [7, 11) is 0. The molecule has 0 bridgehead atoms. The molecule has 0 aromatic carbocycles. The van der Waals surface area contributed by atoms with Gasteiger partial charge >= 0.3 is 6.18 Å². The highest BCUT2D eigenvalue weighted by Gasteiger charge is 2.34. The molecule has 0 spiro atoms. The molecule has 0 N–H and O–H groups in total. The van der Waals surface area contributed by atoms with Crippen LogP contribution in [-0.2, 0) is 6.18 Å². The van der Waals surface area contributed by atoms with Crippen LogP contribution in [0, 0.1) is 0 Å². The van der Waals surface area contributed by atoms with Crippen LogP contribution in [0.5, 0.6) is 0 Å². The van der Waals surface area contributed by atoms with Gasteiger partial charge in [-0.25, -0.2) is 0 Å². The summed E-state index contributed by atoms with van der Waals surface area (Å²) in [6.07, 6.45) is -3.14. The number of carbonyl (C=O) groups excluding carboxylic acids is 1. The van der Waals surface area contributed by atoms with Crippen LogP contribution >= 0.6 is 0 Å². The van der Waals surface area contributed by atoms with Crippen LogP contribution in [0.2, 0.25) is 0 Å². The van der Waals surface area contributed by atoms with E-state index >= 15 is 0 Å². The van der Waals surface area contributed by atoms with E-state index in [9.17, 15) is 18.0 Å². The fourth-order valence-electron chi connectivity index (χ4n) is 0.629. The fourth-order valence-corrected chi connectivity index (χ4v) is 0.629. The van der Waals surface area contributed by atoms with Gasteiger partial charge < -0.3 is 4.42 Å². The van der Waals surface area contributed by atoms with E-state index in [-0.39, 0.29) is 6.29 Å². The lowest BCUT2D eigenvalue weighted by Gasteiger charge is -2.01. The van der Waals surface area contributed by atoms with Crippen molar-refractivity contribution in [2.75, 3.05) is 0 Å². The van der Waals surface area contributed by atoms with Gasteiger partial charge in [0.1, 0.15) is 18.1 Å². The van der Waals surface area contributed by atoms with Gasteiger partial charge in [-0.2, -0.15) is 13.2 Å². The smallest absolute Gasteiger partial charge is 0.420 e. The van der Waals surface area contributed by atoms with Crippen LogP contribution in [0.4, 0.5) is 13.2 Å². The van der Waals surface area contributed by atoms with Crippen molar-refractivity contribution in [1.82, 2.24) is 0 Å². The molecule has 0 saturated heterocycles. The summed E-state index contributed by atoms with van der Waals surface area (Å²) in [6.45, 7) is 0. The Labute approximate surface area is 59.6 Å². The number of furan rings is 1. The van der Waals surface area contributed by atoms with Gasteiger partial charge in [-0.05, 0) is 0 Å². The Bertz CT molecular complexity index is 261. The second-order valence-electron chi connectivity index (χ2n) is 1.86. The Hall–Kier alpha value is -1.26. The van der Waals surface area contributed by atoms with Gasteiger partial charge in [0.2, 0.25) is 0 Å². The van der Waals surface area contributed by atoms with Crippen LogP contribution < -0.4 is 0 Å². The largest absolute Gasteiger partial charge is 0.471 e. The molecule has 0 unspecified atom stereocenters. The van der Waals surface area contributed by atoms with Gasteiger partial charge in [-0.1, -0.05) is 0 Å². The van der Waals surface area contributed by atoms with Gasteiger partial charge in [0, 0.05) is 0 Å². The first-order valence-electron chi connectivity index (χ1n) is 2.64. The predicted molar refractivity (Wildman–Crippen MR) is 29.1 cm³/mol. The van der Waals surface area contributed by atoms with Gasteiger partial charge in [0.05, 0.1) is 5.56 Å². The summed E-state index contributed by atoms with van der Waals surface area (Å²) in [6, 6.07) is 0. The number of carbonyl (C=O) groups is 1. The van der Waals surface area contributed by atoms with Crippen molar-refractivity contribution in [3.8, 4) is 0 Å². The number of aldehydes is 1. The Balaban J connectivity index is 3.12. The van der Waals surface area contributed by atoms with Crippen molar-refractivity contribution in [1.29, 1.82) is 0 Å². The number of alkyl halides is 3. The minimum absolute atomic E-state index is 0.103. The molecule has 0 aliphatic heterocycles. The van der Waals surface area contributed by atoms with E-state index in [1.54, 1.807) is 0 Å². The summed E-state index contributed by atoms with van der Waals surface area (Å²) >= 11 is 0. The molecule has 0 amide bonds. The van der Waals surface area contributed by atoms with Crippen LogP contribution in [0.3, 0.4) is 0 Å². The highest BCUT2D eigenvalue weighted by molar-refractivity contribution is 5.76. The maximum Gasteiger partial charge on any atom is 0.420 e. The molecule has 0 aliphatic carbocycles. The van der Waals surface area contributed by atoms with Gasteiger partial charge in [0.25, 0.3) is 0 Å². The van der Waals surface area contributed by atoms with E-state index < -0.39 is 17.3 Å². The first-order chi connectivity index (χ1) is 5.05. The molecular weight excluding hydrogens is 161 g/mol. The van der Waals surface area contributed by atoms with Crippen LogP contribution in [-0.4, -0.2) is 6.29 Å². The van der Waals surface area contributed by atoms with E-state index in [2.05, 4.69) is 4.42 Å². The number of rotatable bonds is 1. The second-order valence-corrected chi connectivity index (χ2v) is 1.86. The molecule has 11 heavy (non-hydrogen) atoms. The molecule has 0 aliphatic rings. The molecule has 2 nitrogen and oxygen atoms in total. The Morgan fingerprint density at radius 2 is 2.00 bits per heavy atom. The molecular formula is C6H3F3O2. The molecule has 0 saturated carbocycles. The number of hydrogen-bond acceptors (Lipinski definition) is 2. The molecule has 1 heterocycles. The van der Waals surface area contributed by atoms with E-state index in [4.69, 9.17) is 0 Å². The molecule has 0 fully saturated rings. The van der Waals surface area contributed by atoms with Crippen LogP contribution in [0.1, 0.15) is 15.9 Å². The predicted octanol–water partition coefficient (Wildman–Crippen LogP) is 2.11. The topological polar surface area (TPSA) is 30.2 Å². The van der Waals surface area contributed by atoms with Crippen LogP contribution in [0.15, 0.2) is 16.9 Å². The van der Waals surface area contributed by atoms with Crippen molar-refractivity contribution in [2.45, 2.75) is 6.18 Å². The summed E-state index contributed by atoms with van der Waals surface area (Å²) in [5.41, 5.74) is -1.51. The van der Waals surface area contributed by atoms with Crippen molar-refractivity contribution in [2.24, 2.45) is 0 Å². The van der Waals surface area contributed by atoms with Gasteiger partial charge in [-0.3, -0.25) is 4.79 Å². The minimum atomic E-state index is -4.51. The van der Waals surface area contributed by atoms with Crippen molar-refractivity contribution < 1.29 is 22.4 Å². The second kappa shape index (κ2) is 2.41. The third-order valence-corrected chi connectivity index (χ3v) is 1.12. The highest BCUT2D eigenvalue weighted by Crippen LogP contribution is 2.31. The monoisotopic (exact) mass is 164 g/mol. The van der Waals surface area contributed by atoms with Crippen LogP contribution in [0.25, 0.3) is 0 Å². The lowest BCUT2D eigenvalue weighted by Crippen LogP contribution is -2.05. The Kier molecular flexibility index (Phi) is 1.72. The standard InChI is InChI=1S/C6H3F3O2/c7-6(8,9)5-3-11-2-4(5)1-10/h1-3H. The third kappa shape index (κ3) is 1.42. The minimum Gasteiger partial charge on any atom is -0.471 e. The first kappa shape index (κ1) is 7.84. The Morgan fingerprint density at radius 1 is 1.36 bits per heavy atom. The summed E-state index contributed by atoms with van der Waals surface area (Å²) in [4.78, 5) is 9.98. The maximum absolute atomic E-state index is 11.8. The SMILES string of the molecule is O=Cc1cocc1C(F)(F)F. The van der Waals surface area contributed by atoms with Crippen molar-refractivity contribution in [3.63, 3.8) is 0 Å². The highest BCUT2D eigenvalue weighted by atomic mass is 19.4. The maximum atomic E-state index is 11.8. The van der Waals surface area contributed by atoms with E-state index in [1.165, 1.54) is 0 Å². The zero-order chi connectivity index (χ0) is 8.48. The third-order valence-electron chi connectivity index (χ3n) is 1.12. The van der Waals surface area contributed by atoms with Crippen molar-refractivity contribution >= 4 is 6.29 Å². The average molecular weight is 164 g/mol. The fraction of sp³-hybridized carbons (Fsp3) is 0.167. The summed E-state index contributed by atoms with van der Waals surface area (Å²) in [5.74, 6) is 0. The Morgan fingerprint density at radius 3 is 2.36 bits per heavy atom. The van der Waals surface area contributed by atoms with Gasteiger partial charge in [0.15, 0.2) is 6.29 Å². The average Bonchev–Trinajstić information content (AvgIpc) is 2.31. The molecule has 1 aromatic rings. The lowest BCUT2D eigenvalue weighted by molar-refractivity contribution is -0.138. The lowest BCUT2D eigenvalue weighted by atomic mass is 10.2. The zero-order valence-corrected chi connectivity index (χ0v) is 5.18. The van der Waals surface area contributed by atoms with E-state index in [0.29, 0.717) is 6.26 Å². The molecule has 0 radical (unpaired) electrons. The molecule has 5 heteroatoms. The molecule has 60 valence electrons. The molecule has 0 atom stereocenters. The number of hydrogen-bond donors (Lipinski definition) is 0. The normalized spacial score (nSPS) is 11.5. The van der Waals surface area contributed by atoms with Gasteiger partial charge in [-0.15, -0.1) is 0 Å². The zero-order valence-electron chi connectivity index (χ0n) is 5.18. The van der Waals surface area contributed by atoms with Crippen molar-refractivity contribution in [3.05, 3.63) is 23.7 Å². The molecule has 1 rings (SSSR count). The quantitative estimate of drug-likeness (QED) is 0.595. The first-order valence-corrected chi connectivity index (χ1v) is 2.64. The van der Waals surface area contributed by atoms with E-state index in [1.807, 2.05) is 0 Å². The number of halogens is 3. The molecule has 1 aromatic heterocycles. The summed E-state index contributed by atoms with van der Waals surface area (Å²) < 4.78 is 39.8.